The van der Waals surface area contributed by atoms with E-state index in [1.807, 2.05) is 0 Å². The van der Waals surface area contributed by atoms with Gasteiger partial charge in [-0.15, -0.1) is 0 Å². The average molecular weight is 220 g/mol. The zero-order valence-corrected chi connectivity index (χ0v) is 11.1. The Kier molecular flexibility index (Phi) is 1.85. The third-order valence-corrected chi connectivity index (χ3v) is 6.70. The lowest BCUT2D eigenvalue weighted by Gasteiger charge is -2.48. The van der Waals surface area contributed by atoms with Gasteiger partial charge < -0.3 is 0 Å². The molecule has 0 spiro atoms. The maximum absolute atomic E-state index is 12.1. The van der Waals surface area contributed by atoms with Crippen molar-refractivity contribution in [2.75, 3.05) is 0 Å². The van der Waals surface area contributed by atoms with Gasteiger partial charge in [0.1, 0.15) is 5.78 Å². The number of carbonyl (C=O) groups excluding carboxylic acids is 1. The lowest BCUT2D eigenvalue weighted by atomic mass is 9.55. The first-order chi connectivity index (χ1) is 7.33. The SMILES string of the molecule is C[C@@H]1C(=O)CC[C@@]2(C)[C@H]3CC[C@@]12CC3(C)C. The molecule has 0 unspecified atom stereocenters. The van der Waals surface area contributed by atoms with Crippen molar-refractivity contribution in [1.29, 1.82) is 0 Å². The highest BCUT2D eigenvalue weighted by atomic mass is 16.1. The predicted molar refractivity (Wildman–Crippen MR) is 65.1 cm³/mol. The quantitative estimate of drug-likeness (QED) is 0.606. The van der Waals surface area contributed by atoms with Gasteiger partial charge in [-0.25, -0.2) is 0 Å². The predicted octanol–water partition coefficient (Wildman–Crippen LogP) is 3.82. The molecule has 2 bridgehead atoms. The van der Waals surface area contributed by atoms with Gasteiger partial charge in [0, 0.05) is 12.3 Å². The van der Waals surface area contributed by atoms with E-state index < -0.39 is 0 Å². The zero-order chi connectivity index (χ0) is 11.8. The number of hydrogen-bond acceptors (Lipinski definition) is 1. The molecule has 0 heterocycles. The second-order valence-corrected chi connectivity index (χ2v) is 7.52. The van der Waals surface area contributed by atoms with E-state index in [0.29, 0.717) is 27.9 Å². The molecule has 3 rings (SSSR count). The standard InChI is InChI=1S/C15H24O/c1-10-11(16)5-7-14(4)12-6-8-15(10,14)9-13(12,2)3/h10,12H,5-9H2,1-4H3/t10-,12+,14+,15-/m1/s1. The van der Waals surface area contributed by atoms with E-state index in [1.54, 1.807) is 0 Å². The van der Waals surface area contributed by atoms with E-state index in [1.165, 1.54) is 19.3 Å². The summed E-state index contributed by atoms with van der Waals surface area (Å²) in [7, 11) is 0. The maximum atomic E-state index is 12.1. The lowest BCUT2D eigenvalue weighted by Crippen LogP contribution is -2.46. The summed E-state index contributed by atoms with van der Waals surface area (Å²) in [6.07, 6.45) is 5.95. The van der Waals surface area contributed by atoms with E-state index in [-0.39, 0.29) is 0 Å². The molecule has 3 aliphatic rings. The molecule has 1 nitrogen and oxygen atoms in total. The molecule has 0 radical (unpaired) electrons. The Hall–Kier alpha value is -0.330. The molecule has 0 saturated heterocycles. The van der Waals surface area contributed by atoms with Crippen LogP contribution in [0.2, 0.25) is 0 Å². The molecule has 90 valence electrons. The Balaban J connectivity index is 2.13. The molecular formula is C15H24O. The molecule has 3 aliphatic carbocycles. The highest BCUT2D eigenvalue weighted by Gasteiger charge is 2.71. The highest BCUT2D eigenvalue weighted by Crippen LogP contribution is 2.77. The third-order valence-electron chi connectivity index (χ3n) is 6.70. The largest absolute Gasteiger partial charge is 0.299 e. The van der Waals surface area contributed by atoms with Crippen molar-refractivity contribution in [3.05, 3.63) is 0 Å². The van der Waals surface area contributed by atoms with Crippen LogP contribution in [0.15, 0.2) is 0 Å². The molecule has 0 aromatic heterocycles. The number of hydrogen-bond donors (Lipinski definition) is 0. The molecule has 4 atom stereocenters. The molecule has 3 saturated carbocycles. The molecule has 0 amide bonds. The van der Waals surface area contributed by atoms with Crippen LogP contribution in [0.25, 0.3) is 0 Å². The minimum atomic E-state index is 0.318. The maximum Gasteiger partial charge on any atom is 0.136 e. The monoisotopic (exact) mass is 220 g/mol. The van der Waals surface area contributed by atoms with E-state index in [0.717, 1.165) is 18.8 Å². The molecule has 0 aliphatic heterocycles. The Morgan fingerprint density at radius 1 is 1.19 bits per heavy atom. The van der Waals surface area contributed by atoms with E-state index in [2.05, 4.69) is 27.7 Å². The van der Waals surface area contributed by atoms with E-state index >= 15 is 0 Å². The van der Waals surface area contributed by atoms with Crippen LogP contribution >= 0.6 is 0 Å². The number of ketones is 1. The summed E-state index contributed by atoms with van der Waals surface area (Å²) in [6.45, 7) is 9.56. The molecule has 0 aromatic rings. The van der Waals surface area contributed by atoms with Crippen molar-refractivity contribution in [3.63, 3.8) is 0 Å². The van der Waals surface area contributed by atoms with Crippen LogP contribution in [-0.4, -0.2) is 5.78 Å². The highest BCUT2D eigenvalue weighted by molar-refractivity contribution is 5.83. The minimum Gasteiger partial charge on any atom is -0.299 e. The number of rotatable bonds is 0. The Morgan fingerprint density at radius 3 is 2.50 bits per heavy atom. The van der Waals surface area contributed by atoms with E-state index in [9.17, 15) is 4.79 Å². The van der Waals surface area contributed by atoms with Gasteiger partial charge in [0.05, 0.1) is 0 Å². The van der Waals surface area contributed by atoms with Gasteiger partial charge in [-0.1, -0.05) is 27.7 Å². The van der Waals surface area contributed by atoms with Crippen LogP contribution < -0.4 is 0 Å². The summed E-state index contributed by atoms with van der Waals surface area (Å²) < 4.78 is 0. The normalized spacial score (nSPS) is 54.1. The smallest absolute Gasteiger partial charge is 0.136 e. The van der Waals surface area contributed by atoms with Crippen molar-refractivity contribution in [2.45, 2.75) is 59.8 Å². The van der Waals surface area contributed by atoms with Crippen LogP contribution in [0.1, 0.15) is 59.8 Å². The van der Waals surface area contributed by atoms with Gasteiger partial charge in [-0.05, 0) is 47.8 Å². The van der Waals surface area contributed by atoms with Crippen molar-refractivity contribution < 1.29 is 4.79 Å². The topological polar surface area (TPSA) is 17.1 Å². The average Bonchev–Trinajstić information content (AvgIpc) is 2.57. The Labute approximate surface area is 99.0 Å². The first kappa shape index (κ1) is 10.8. The number of carbonyl (C=O) groups is 1. The number of Topliss-reactive ketones (excluding diaryl/α,β-unsaturated/α-hetero) is 1. The minimum absolute atomic E-state index is 0.318. The van der Waals surface area contributed by atoms with Crippen molar-refractivity contribution in [3.8, 4) is 0 Å². The molecule has 0 aromatic carbocycles. The van der Waals surface area contributed by atoms with Gasteiger partial charge in [0.2, 0.25) is 0 Å². The first-order valence-corrected chi connectivity index (χ1v) is 6.86. The van der Waals surface area contributed by atoms with Crippen molar-refractivity contribution >= 4 is 5.78 Å². The Morgan fingerprint density at radius 2 is 1.88 bits per heavy atom. The van der Waals surface area contributed by atoms with Crippen molar-refractivity contribution in [2.24, 2.45) is 28.1 Å². The molecular weight excluding hydrogens is 196 g/mol. The van der Waals surface area contributed by atoms with Crippen LogP contribution in [0, 0.1) is 28.1 Å². The summed E-state index contributed by atoms with van der Waals surface area (Å²) in [5.74, 6) is 1.71. The molecule has 3 fully saturated rings. The van der Waals surface area contributed by atoms with Crippen LogP contribution in [0.3, 0.4) is 0 Å². The summed E-state index contributed by atoms with van der Waals surface area (Å²) in [5.41, 5.74) is 1.28. The van der Waals surface area contributed by atoms with Gasteiger partial charge in [0.25, 0.3) is 0 Å². The van der Waals surface area contributed by atoms with Gasteiger partial charge >= 0.3 is 0 Å². The zero-order valence-electron chi connectivity index (χ0n) is 11.1. The summed E-state index contributed by atoms with van der Waals surface area (Å²) in [6, 6.07) is 0. The Bertz CT molecular complexity index is 356. The fourth-order valence-corrected chi connectivity index (χ4v) is 6.03. The molecule has 1 heteroatoms. The van der Waals surface area contributed by atoms with Crippen LogP contribution in [-0.2, 0) is 4.79 Å². The van der Waals surface area contributed by atoms with E-state index in [4.69, 9.17) is 0 Å². The summed E-state index contributed by atoms with van der Waals surface area (Å²) >= 11 is 0. The van der Waals surface area contributed by atoms with Gasteiger partial charge in [-0.2, -0.15) is 0 Å². The fraction of sp³-hybridized carbons (Fsp3) is 0.933. The summed E-state index contributed by atoms with van der Waals surface area (Å²) in [4.78, 5) is 12.1. The van der Waals surface area contributed by atoms with Gasteiger partial charge in [0.15, 0.2) is 0 Å². The fourth-order valence-electron chi connectivity index (χ4n) is 6.03. The summed E-state index contributed by atoms with van der Waals surface area (Å²) in [5, 5.41) is 0. The second kappa shape index (κ2) is 2.73. The first-order valence-electron chi connectivity index (χ1n) is 6.86. The van der Waals surface area contributed by atoms with Crippen molar-refractivity contribution in [1.82, 2.24) is 0 Å². The lowest BCUT2D eigenvalue weighted by molar-refractivity contribution is -0.136. The molecule has 16 heavy (non-hydrogen) atoms. The van der Waals surface area contributed by atoms with Gasteiger partial charge in [-0.3, -0.25) is 4.79 Å². The second-order valence-electron chi connectivity index (χ2n) is 7.52. The van der Waals surface area contributed by atoms with Crippen LogP contribution in [0.5, 0.6) is 0 Å². The molecule has 0 N–H and O–H groups in total. The van der Waals surface area contributed by atoms with Crippen LogP contribution in [0.4, 0.5) is 0 Å². The third kappa shape index (κ3) is 0.926.